The molecule has 0 saturated carbocycles. The highest BCUT2D eigenvalue weighted by molar-refractivity contribution is 7.90. The first-order valence-corrected chi connectivity index (χ1v) is 16.5. The molecule has 4 atom stereocenters. The van der Waals surface area contributed by atoms with Gasteiger partial charge in [0, 0.05) is 35.0 Å². The minimum absolute atomic E-state index is 0.0878. The van der Waals surface area contributed by atoms with Crippen LogP contribution in [0.2, 0.25) is 0 Å². The first kappa shape index (κ1) is 36.9. The summed E-state index contributed by atoms with van der Waals surface area (Å²) in [7, 11) is 0. The Bertz CT molecular complexity index is 1860. The number of amides is 2. The van der Waals surface area contributed by atoms with E-state index < -0.39 is 80.9 Å². The van der Waals surface area contributed by atoms with Gasteiger partial charge in [0.2, 0.25) is 0 Å². The Balaban J connectivity index is 1.79. The van der Waals surface area contributed by atoms with Crippen molar-refractivity contribution in [2.24, 2.45) is 0 Å². The summed E-state index contributed by atoms with van der Waals surface area (Å²) in [5, 5.41) is 6.86. The van der Waals surface area contributed by atoms with Gasteiger partial charge in [0.05, 0.1) is 16.9 Å². The topological polar surface area (TPSA) is 102 Å². The molecule has 4 aromatic rings. The van der Waals surface area contributed by atoms with Crippen LogP contribution in [-0.2, 0) is 22.3 Å². The van der Waals surface area contributed by atoms with E-state index in [2.05, 4.69) is 15.1 Å². The normalized spacial score (nSPS) is 18.1. The number of likely N-dealkylation sites (N-methyl/N-ethyl adjacent to an activating group) is 1. The summed E-state index contributed by atoms with van der Waals surface area (Å²) in [5.41, 5.74) is -2.11. The molecule has 8 nitrogen and oxygen atoms in total. The van der Waals surface area contributed by atoms with Crippen LogP contribution in [0.4, 0.5) is 36.6 Å². The smallest absolute Gasteiger partial charge is 0.416 e. The molecule has 0 saturated heterocycles. The first-order chi connectivity index (χ1) is 23.3. The molecule has 16 heteroatoms. The summed E-state index contributed by atoms with van der Waals surface area (Å²) in [5.74, 6) is -4.19. The van der Waals surface area contributed by atoms with E-state index in [1.165, 1.54) is 32.9 Å². The van der Waals surface area contributed by atoms with E-state index >= 15 is 13.2 Å². The fraction of sp³-hybridized carbons (Fsp3) is 0.324. The molecule has 2 N–H and O–H groups in total. The highest BCUT2D eigenvalue weighted by Crippen LogP contribution is 2.48. The molecule has 0 unspecified atom stereocenters. The summed E-state index contributed by atoms with van der Waals surface area (Å²) in [6, 6.07) is 11.5. The van der Waals surface area contributed by atoms with E-state index in [9.17, 15) is 31.7 Å². The highest BCUT2D eigenvalue weighted by atomic mass is 32.2. The lowest BCUT2D eigenvalue weighted by Gasteiger charge is -2.39. The molecular formula is C34H32F7N5O3S. The van der Waals surface area contributed by atoms with Crippen molar-refractivity contribution in [2.75, 3.05) is 11.4 Å². The van der Waals surface area contributed by atoms with Crippen molar-refractivity contribution >= 4 is 29.0 Å². The van der Waals surface area contributed by atoms with Crippen molar-refractivity contribution in [2.45, 2.75) is 62.8 Å². The van der Waals surface area contributed by atoms with Crippen molar-refractivity contribution in [3.63, 3.8) is 0 Å². The van der Waals surface area contributed by atoms with Gasteiger partial charge >= 0.3 is 12.4 Å². The zero-order chi connectivity index (χ0) is 36.8. The Labute approximate surface area is 286 Å². The predicted molar refractivity (Wildman–Crippen MR) is 172 cm³/mol. The van der Waals surface area contributed by atoms with Crippen LogP contribution < -0.4 is 14.9 Å². The van der Waals surface area contributed by atoms with Crippen LogP contribution in [-0.4, -0.2) is 49.7 Å². The van der Waals surface area contributed by atoms with Crippen LogP contribution >= 0.6 is 0 Å². The van der Waals surface area contributed by atoms with Crippen molar-refractivity contribution in [1.82, 2.24) is 19.8 Å². The van der Waals surface area contributed by atoms with Gasteiger partial charge in [-0.1, -0.05) is 36.4 Å². The number of rotatable bonds is 8. The van der Waals surface area contributed by atoms with Gasteiger partial charge in [0.25, 0.3) is 11.8 Å². The molecule has 0 spiro atoms. The summed E-state index contributed by atoms with van der Waals surface area (Å²) in [6.45, 7) is 5.83. The number of halogens is 7. The maximum Gasteiger partial charge on any atom is 0.416 e. The quantitative estimate of drug-likeness (QED) is 0.151. The Morgan fingerprint density at radius 3 is 2.16 bits per heavy atom. The van der Waals surface area contributed by atoms with Gasteiger partial charge in [-0.05, 0) is 75.7 Å². The molecule has 2 heterocycles. The summed E-state index contributed by atoms with van der Waals surface area (Å²) in [4.78, 5) is 29.1. The van der Waals surface area contributed by atoms with Crippen molar-refractivity contribution in [1.29, 1.82) is 0 Å². The predicted octanol–water partition coefficient (Wildman–Crippen LogP) is 6.98. The maximum absolute atomic E-state index is 15.1. The second-order valence-corrected chi connectivity index (χ2v) is 14.5. The number of para-hydroxylation sites is 1. The number of hydrogen-bond donors (Lipinski definition) is 2. The van der Waals surface area contributed by atoms with E-state index in [0.717, 1.165) is 39.9 Å². The van der Waals surface area contributed by atoms with Gasteiger partial charge in [0.1, 0.15) is 22.4 Å². The average Bonchev–Trinajstić information content (AvgIpc) is 3.42. The third-order valence-electron chi connectivity index (χ3n) is 8.02. The second kappa shape index (κ2) is 13.7. The lowest BCUT2D eigenvalue weighted by Crippen LogP contribution is -2.56. The highest BCUT2D eigenvalue weighted by Gasteiger charge is 2.53. The number of aromatic nitrogens is 2. The average molecular weight is 724 g/mol. The number of alkyl halides is 6. The van der Waals surface area contributed by atoms with Gasteiger partial charge in [-0.3, -0.25) is 14.5 Å². The Hall–Kier alpha value is -4.41. The number of carbonyl (C=O) groups excluding carboxylic acids is 2. The molecule has 3 aromatic carbocycles. The summed E-state index contributed by atoms with van der Waals surface area (Å²) in [6.07, 6.45) is -9.90. The van der Waals surface area contributed by atoms with Gasteiger partial charge in [-0.15, -0.1) is 4.72 Å². The molecular weight excluding hydrogens is 691 g/mol. The monoisotopic (exact) mass is 723 g/mol. The fourth-order valence-corrected chi connectivity index (χ4v) is 6.46. The molecule has 2 amide bonds. The Kier molecular flexibility index (Phi) is 10.1. The maximum atomic E-state index is 15.1. The number of carbonyl (C=O) groups is 2. The minimum Gasteiger partial charge on any atom is -0.598 e. The van der Waals surface area contributed by atoms with Crippen molar-refractivity contribution < 1.29 is 44.9 Å². The zero-order valence-corrected chi connectivity index (χ0v) is 27.9. The van der Waals surface area contributed by atoms with E-state index in [0.29, 0.717) is 6.07 Å². The standard InChI is InChI=1S/C34H32F7N5O3S/c1-5-45-30-25(26(43-46(30)23-12-7-6-8-13-23)28(34(39,40)41)44-50(49)32(2,3)4)24(19-14-16-22(35)17-15-19)27(31(45)48)42-29(47)20-10-9-11-21(18-20)33(36,37)38/h6-18,24,27-28,44H,5H2,1-4H3,(H,42,47)/t24-,27-,28-,50-/m0/s1. The summed E-state index contributed by atoms with van der Waals surface area (Å²) < 4.78 is 115. The molecule has 0 aliphatic carbocycles. The van der Waals surface area contributed by atoms with Gasteiger partial charge in [-0.2, -0.15) is 31.4 Å². The number of hydrogen-bond acceptors (Lipinski definition) is 5. The molecule has 0 fully saturated rings. The minimum atomic E-state index is -5.10. The molecule has 1 aliphatic rings. The van der Waals surface area contributed by atoms with Gasteiger partial charge < -0.3 is 9.87 Å². The third-order valence-corrected chi connectivity index (χ3v) is 9.59. The third kappa shape index (κ3) is 7.37. The molecule has 5 rings (SSSR count). The molecule has 50 heavy (non-hydrogen) atoms. The van der Waals surface area contributed by atoms with Crippen LogP contribution in [0.5, 0.6) is 0 Å². The van der Waals surface area contributed by atoms with E-state index in [1.807, 2.05) is 0 Å². The van der Waals surface area contributed by atoms with Crippen LogP contribution in [0.1, 0.15) is 72.4 Å². The molecule has 1 aromatic heterocycles. The van der Waals surface area contributed by atoms with Crippen molar-refractivity contribution in [3.8, 4) is 5.69 Å². The molecule has 1 aliphatic heterocycles. The number of nitrogens with zero attached hydrogens (tertiary/aromatic N) is 3. The van der Waals surface area contributed by atoms with E-state index in [1.54, 1.807) is 37.3 Å². The van der Waals surface area contributed by atoms with E-state index in [-0.39, 0.29) is 29.2 Å². The lowest BCUT2D eigenvalue weighted by molar-refractivity contribution is -0.154. The number of fused-ring (bicyclic) bond motifs is 1. The lowest BCUT2D eigenvalue weighted by atomic mass is 9.80. The largest absolute Gasteiger partial charge is 0.598 e. The second-order valence-electron chi connectivity index (χ2n) is 12.5. The number of benzene rings is 3. The molecule has 266 valence electrons. The van der Waals surface area contributed by atoms with Crippen molar-refractivity contribution in [3.05, 3.63) is 113 Å². The van der Waals surface area contributed by atoms with Crippen LogP contribution in [0.3, 0.4) is 0 Å². The van der Waals surface area contributed by atoms with Crippen LogP contribution in [0.25, 0.3) is 5.69 Å². The SMILES string of the molecule is CCN1C(=O)[C@@H](NC(=O)c2cccc(C(F)(F)F)c2)[C@@H](c2ccc(F)cc2)c2c([C@H](N[S@@+]([O-])C(C)(C)C)C(F)(F)F)nn(-c3ccccc3)c21. The first-order valence-electron chi connectivity index (χ1n) is 15.3. The van der Waals surface area contributed by atoms with Gasteiger partial charge in [0.15, 0.2) is 6.04 Å². The Morgan fingerprint density at radius 2 is 1.60 bits per heavy atom. The van der Waals surface area contributed by atoms with E-state index in [4.69, 9.17) is 0 Å². The number of anilines is 1. The Morgan fingerprint density at radius 1 is 0.960 bits per heavy atom. The number of nitrogens with one attached hydrogen (secondary N) is 2. The fourth-order valence-electron chi connectivity index (χ4n) is 5.64. The zero-order valence-electron chi connectivity index (χ0n) is 27.1. The van der Waals surface area contributed by atoms with Crippen LogP contribution in [0.15, 0.2) is 78.9 Å². The molecule has 0 radical (unpaired) electrons. The van der Waals surface area contributed by atoms with Gasteiger partial charge in [-0.25, -0.2) is 9.07 Å². The summed E-state index contributed by atoms with van der Waals surface area (Å²) >= 11 is -2.29. The molecule has 0 bridgehead atoms. The van der Waals surface area contributed by atoms with Crippen LogP contribution in [0, 0.1) is 5.82 Å².